The molecule has 1 heterocycles. The molecule has 0 aliphatic rings. The molecule has 0 fully saturated rings. The van der Waals surface area contributed by atoms with E-state index in [9.17, 15) is 0 Å². The van der Waals surface area contributed by atoms with Crippen LogP contribution in [0.25, 0.3) is 0 Å². The molecular formula is C11H20BrN5. The van der Waals surface area contributed by atoms with Crippen LogP contribution in [0, 0.1) is 0 Å². The first-order valence-electron chi connectivity index (χ1n) is 5.84. The van der Waals surface area contributed by atoms with Crippen LogP contribution in [0.2, 0.25) is 0 Å². The maximum Gasteiger partial charge on any atom is 0.225 e. The van der Waals surface area contributed by atoms with Crippen molar-refractivity contribution >= 4 is 27.7 Å². The number of hydrogen-bond acceptors (Lipinski definition) is 5. The first-order valence-corrected chi connectivity index (χ1v) is 6.63. The Bertz CT molecular complexity index is 333. The predicted octanol–water partition coefficient (Wildman–Crippen LogP) is 1.96. The molecule has 1 aromatic rings. The van der Waals surface area contributed by atoms with Gasteiger partial charge in [-0.1, -0.05) is 13.8 Å². The second-order valence-corrected chi connectivity index (χ2v) is 4.78. The molecule has 1 rings (SSSR count). The number of nitrogen functional groups attached to an aromatic ring is 1. The molecule has 17 heavy (non-hydrogen) atoms. The highest BCUT2D eigenvalue weighted by atomic mass is 79.9. The smallest absolute Gasteiger partial charge is 0.225 e. The SMILES string of the molecule is CCN(CC)CC(C)Nc1nc(N)cc(Br)n1. The average molecular weight is 302 g/mol. The van der Waals surface area contributed by atoms with E-state index in [0.29, 0.717) is 16.4 Å². The standard InChI is InChI=1S/C11H20BrN5/c1-4-17(5-2)7-8(3)14-11-15-9(12)6-10(13)16-11/h6,8H,4-5,7H2,1-3H3,(H3,13,14,15,16). The zero-order chi connectivity index (χ0) is 12.8. The molecule has 96 valence electrons. The number of nitrogens with two attached hydrogens (primary N) is 1. The van der Waals surface area contributed by atoms with E-state index in [1.54, 1.807) is 6.07 Å². The summed E-state index contributed by atoms with van der Waals surface area (Å²) < 4.78 is 0.697. The zero-order valence-corrected chi connectivity index (χ0v) is 12.2. The maximum atomic E-state index is 5.66. The Kier molecular flexibility index (Phi) is 5.64. The fraction of sp³-hybridized carbons (Fsp3) is 0.636. The molecule has 0 aromatic carbocycles. The van der Waals surface area contributed by atoms with Gasteiger partial charge in [0.2, 0.25) is 5.95 Å². The molecule has 5 nitrogen and oxygen atoms in total. The van der Waals surface area contributed by atoms with Crippen molar-refractivity contribution in [3.63, 3.8) is 0 Å². The fourth-order valence-corrected chi connectivity index (χ4v) is 2.04. The number of rotatable bonds is 6. The van der Waals surface area contributed by atoms with Gasteiger partial charge < -0.3 is 16.0 Å². The third-order valence-corrected chi connectivity index (χ3v) is 2.92. The van der Waals surface area contributed by atoms with Crippen molar-refractivity contribution in [2.75, 3.05) is 30.7 Å². The van der Waals surface area contributed by atoms with E-state index in [0.717, 1.165) is 19.6 Å². The third-order valence-electron chi connectivity index (χ3n) is 2.52. The van der Waals surface area contributed by atoms with Gasteiger partial charge in [0.25, 0.3) is 0 Å². The van der Waals surface area contributed by atoms with E-state index in [1.807, 2.05) is 0 Å². The van der Waals surface area contributed by atoms with Crippen molar-refractivity contribution in [3.8, 4) is 0 Å². The molecule has 0 radical (unpaired) electrons. The Morgan fingerprint density at radius 3 is 2.59 bits per heavy atom. The summed E-state index contributed by atoms with van der Waals surface area (Å²) in [6.07, 6.45) is 0. The molecule has 1 atom stereocenters. The molecule has 1 unspecified atom stereocenters. The highest BCUT2D eigenvalue weighted by Gasteiger charge is 2.09. The molecular weight excluding hydrogens is 282 g/mol. The van der Waals surface area contributed by atoms with Crippen molar-refractivity contribution in [3.05, 3.63) is 10.7 Å². The molecule has 3 N–H and O–H groups in total. The van der Waals surface area contributed by atoms with Crippen LogP contribution in [0.15, 0.2) is 10.7 Å². The van der Waals surface area contributed by atoms with Gasteiger partial charge >= 0.3 is 0 Å². The molecule has 0 bridgehead atoms. The van der Waals surface area contributed by atoms with Gasteiger partial charge in [-0.2, -0.15) is 4.98 Å². The Hall–Kier alpha value is -0.880. The van der Waals surface area contributed by atoms with Gasteiger partial charge in [0.15, 0.2) is 0 Å². The molecule has 0 saturated carbocycles. The topological polar surface area (TPSA) is 67.1 Å². The number of halogens is 1. The van der Waals surface area contributed by atoms with Crippen molar-refractivity contribution in [1.82, 2.24) is 14.9 Å². The van der Waals surface area contributed by atoms with E-state index < -0.39 is 0 Å². The average Bonchev–Trinajstić information content (AvgIpc) is 2.24. The fourth-order valence-electron chi connectivity index (χ4n) is 1.63. The molecule has 0 aliphatic carbocycles. The minimum absolute atomic E-state index is 0.281. The normalized spacial score (nSPS) is 12.8. The van der Waals surface area contributed by atoms with Gasteiger partial charge in [-0.3, -0.25) is 0 Å². The van der Waals surface area contributed by atoms with Gasteiger partial charge in [0.05, 0.1) is 0 Å². The van der Waals surface area contributed by atoms with Crippen molar-refractivity contribution in [1.29, 1.82) is 0 Å². The van der Waals surface area contributed by atoms with Gasteiger partial charge in [-0.15, -0.1) is 0 Å². The van der Waals surface area contributed by atoms with E-state index >= 15 is 0 Å². The van der Waals surface area contributed by atoms with Crippen LogP contribution in [0.5, 0.6) is 0 Å². The predicted molar refractivity (Wildman–Crippen MR) is 75.0 cm³/mol. The second kappa shape index (κ2) is 6.76. The Morgan fingerprint density at radius 1 is 1.41 bits per heavy atom. The van der Waals surface area contributed by atoms with E-state index in [4.69, 9.17) is 5.73 Å². The molecule has 0 amide bonds. The van der Waals surface area contributed by atoms with E-state index in [2.05, 4.69) is 56.9 Å². The summed E-state index contributed by atoms with van der Waals surface area (Å²) in [6, 6.07) is 1.96. The van der Waals surface area contributed by atoms with Crippen LogP contribution >= 0.6 is 15.9 Å². The summed E-state index contributed by atoms with van der Waals surface area (Å²) in [6.45, 7) is 9.48. The molecule has 0 spiro atoms. The lowest BCUT2D eigenvalue weighted by Gasteiger charge is -2.23. The van der Waals surface area contributed by atoms with Crippen LogP contribution in [0.3, 0.4) is 0 Å². The number of nitrogens with one attached hydrogen (secondary N) is 1. The zero-order valence-electron chi connectivity index (χ0n) is 10.6. The first kappa shape index (κ1) is 14.2. The molecule has 0 aliphatic heterocycles. The lowest BCUT2D eigenvalue weighted by atomic mass is 10.3. The van der Waals surface area contributed by atoms with Crippen molar-refractivity contribution in [2.45, 2.75) is 26.8 Å². The third kappa shape index (κ3) is 4.87. The summed E-state index contributed by atoms with van der Waals surface area (Å²) >= 11 is 3.30. The van der Waals surface area contributed by atoms with Crippen molar-refractivity contribution in [2.24, 2.45) is 0 Å². The van der Waals surface area contributed by atoms with Gasteiger partial charge in [-0.05, 0) is 35.9 Å². The van der Waals surface area contributed by atoms with Crippen molar-refractivity contribution < 1.29 is 0 Å². The van der Waals surface area contributed by atoms with Crippen LogP contribution in [-0.4, -0.2) is 40.5 Å². The number of likely N-dealkylation sites (N-methyl/N-ethyl adjacent to an activating group) is 1. The van der Waals surface area contributed by atoms with Crippen LogP contribution < -0.4 is 11.1 Å². The van der Waals surface area contributed by atoms with E-state index in [-0.39, 0.29) is 6.04 Å². The number of aromatic nitrogens is 2. The Morgan fingerprint density at radius 2 is 2.06 bits per heavy atom. The summed E-state index contributed by atoms with van der Waals surface area (Å²) in [5.41, 5.74) is 5.66. The monoisotopic (exact) mass is 301 g/mol. The summed E-state index contributed by atoms with van der Waals surface area (Å²) in [5, 5.41) is 3.25. The van der Waals surface area contributed by atoms with Gasteiger partial charge in [0.1, 0.15) is 10.4 Å². The highest BCUT2D eigenvalue weighted by molar-refractivity contribution is 9.10. The Labute approximate surface area is 111 Å². The minimum atomic E-state index is 0.281. The minimum Gasteiger partial charge on any atom is -0.383 e. The first-order chi connectivity index (χ1) is 8.05. The molecule has 6 heteroatoms. The maximum absolute atomic E-state index is 5.66. The highest BCUT2D eigenvalue weighted by Crippen LogP contribution is 2.13. The Balaban J connectivity index is 2.58. The quantitative estimate of drug-likeness (QED) is 0.786. The van der Waals surface area contributed by atoms with Crippen LogP contribution in [-0.2, 0) is 0 Å². The van der Waals surface area contributed by atoms with Gasteiger partial charge in [0, 0.05) is 18.7 Å². The largest absolute Gasteiger partial charge is 0.383 e. The number of nitrogens with zero attached hydrogens (tertiary/aromatic N) is 3. The van der Waals surface area contributed by atoms with E-state index in [1.165, 1.54) is 0 Å². The summed E-state index contributed by atoms with van der Waals surface area (Å²) in [7, 11) is 0. The van der Waals surface area contributed by atoms with Crippen LogP contribution in [0.4, 0.5) is 11.8 Å². The second-order valence-electron chi connectivity index (χ2n) is 3.97. The number of hydrogen-bond donors (Lipinski definition) is 2. The molecule has 1 aromatic heterocycles. The summed E-state index contributed by atoms with van der Waals surface area (Å²) in [5.74, 6) is 1.03. The number of anilines is 2. The van der Waals surface area contributed by atoms with Gasteiger partial charge in [-0.25, -0.2) is 4.98 Å². The lowest BCUT2D eigenvalue weighted by Crippen LogP contribution is -2.35. The van der Waals surface area contributed by atoms with Crippen LogP contribution in [0.1, 0.15) is 20.8 Å². The summed E-state index contributed by atoms with van der Waals surface area (Å²) in [4.78, 5) is 10.7. The molecule has 0 saturated heterocycles. The lowest BCUT2D eigenvalue weighted by molar-refractivity contribution is 0.294.